The molecule has 2 aromatic rings. The second-order valence-electron chi connectivity index (χ2n) is 4.99. The molecule has 1 aromatic heterocycles. The van der Waals surface area contributed by atoms with Crippen LogP contribution in [-0.4, -0.2) is 24.4 Å². The Morgan fingerprint density at radius 2 is 1.95 bits per heavy atom. The number of halogens is 1. The van der Waals surface area contributed by atoms with Gasteiger partial charge in [-0.2, -0.15) is 11.3 Å². The Balaban J connectivity index is 1.74. The molecule has 4 nitrogen and oxygen atoms in total. The van der Waals surface area contributed by atoms with E-state index in [2.05, 4.69) is 10.6 Å². The molecule has 0 fully saturated rings. The van der Waals surface area contributed by atoms with Crippen molar-refractivity contribution in [1.29, 1.82) is 0 Å². The molecule has 0 unspecified atom stereocenters. The van der Waals surface area contributed by atoms with Gasteiger partial charge in [0, 0.05) is 22.0 Å². The molecule has 1 atom stereocenters. The Hall–Kier alpha value is -1.85. The van der Waals surface area contributed by atoms with E-state index in [1.807, 2.05) is 36.6 Å². The maximum atomic E-state index is 11.8. The van der Waals surface area contributed by atoms with Gasteiger partial charge >= 0.3 is 0 Å². The first-order valence-corrected chi connectivity index (χ1v) is 8.21. The van der Waals surface area contributed by atoms with Crippen LogP contribution in [0.2, 0.25) is 5.02 Å². The summed E-state index contributed by atoms with van der Waals surface area (Å²) < 4.78 is 0. The lowest BCUT2D eigenvalue weighted by atomic mass is 10.1. The van der Waals surface area contributed by atoms with Crippen LogP contribution in [0.3, 0.4) is 0 Å². The van der Waals surface area contributed by atoms with Gasteiger partial charge in [-0.25, -0.2) is 0 Å². The molecule has 1 aromatic carbocycles. The summed E-state index contributed by atoms with van der Waals surface area (Å²) in [5, 5.41) is 9.72. The number of hydrogen-bond acceptors (Lipinski definition) is 3. The molecule has 0 aliphatic carbocycles. The minimum absolute atomic E-state index is 0.0216. The van der Waals surface area contributed by atoms with Crippen molar-refractivity contribution in [2.75, 3.05) is 6.54 Å². The number of amides is 2. The standard InChI is InChI=1S/C16H17ClN2O2S/c1-11(8-12-2-4-14(17)5-3-12)19-15(20)9-18-16(21)13-6-7-22-10-13/h2-7,10-11H,8-9H2,1H3,(H,18,21)(H,19,20)/t11-/m1/s1. The van der Waals surface area contributed by atoms with Crippen LogP contribution in [0.4, 0.5) is 0 Å². The van der Waals surface area contributed by atoms with Crippen molar-refractivity contribution in [1.82, 2.24) is 10.6 Å². The van der Waals surface area contributed by atoms with Crippen molar-refractivity contribution in [2.45, 2.75) is 19.4 Å². The van der Waals surface area contributed by atoms with Gasteiger partial charge in [-0.3, -0.25) is 9.59 Å². The predicted octanol–water partition coefficient (Wildman–Crippen LogP) is 2.88. The Morgan fingerprint density at radius 3 is 2.59 bits per heavy atom. The molecular weight excluding hydrogens is 320 g/mol. The number of hydrogen-bond donors (Lipinski definition) is 2. The molecule has 6 heteroatoms. The minimum Gasteiger partial charge on any atom is -0.352 e. The second-order valence-corrected chi connectivity index (χ2v) is 6.21. The van der Waals surface area contributed by atoms with E-state index in [0.29, 0.717) is 17.0 Å². The van der Waals surface area contributed by atoms with Crippen LogP contribution >= 0.6 is 22.9 Å². The molecule has 2 amide bonds. The van der Waals surface area contributed by atoms with Crippen molar-refractivity contribution >= 4 is 34.8 Å². The fourth-order valence-electron chi connectivity index (χ4n) is 2.01. The van der Waals surface area contributed by atoms with Crippen LogP contribution in [0, 0.1) is 0 Å². The first-order chi connectivity index (χ1) is 10.5. The number of thiophene rings is 1. The molecule has 1 heterocycles. The highest BCUT2D eigenvalue weighted by molar-refractivity contribution is 7.08. The Morgan fingerprint density at radius 1 is 1.23 bits per heavy atom. The third-order valence-corrected chi connectivity index (χ3v) is 3.99. The molecule has 0 saturated heterocycles. The summed E-state index contributed by atoms with van der Waals surface area (Å²) in [5.74, 6) is -0.438. The molecule has 0 radical (unpaired) electrons. The van der Waals surface area contributed by atoms with Gasteiger partial charge < -0.3 is 10.6 Å². The number of rotatable bonds is 6. The van der Waals surface area contributed by atoms with Gasteiger partial charge in [0.05, 0.1) is 6.54 Å². The maximum Gasteiger partial charge on any atom is 0.252 e. The molecule has 0 aliphatic heterocycles. The van der Waals surface area contributed by atoms with Crippen molar-refractivity contribution in [3.05, 3.63) is 57.2 Å². The van der Waals surface area contributed by atoms with E-state index in [9.17, 15) is 9.59 Å². The van der Waals surface area contributed by atoms with Crippen LogP contribution in [0.15, 0.2) is 41.1 Å². The van der Waals surface area contributed by atoms with Crippen LogP contribution in [-0.2, 0) is 11.2 Å². The lowest BCUT2D eigenvalue weighted by Gasteiger charge is -2.14. The second kappa shape index (κ2) is 7.96. The number of nitrogens with one attached hydrogen (secondary N) is 2. The third-order valence-electron chi connectivity index (χ3n) is 3.06. The quantitative estimate of drug-likeness (QED) is 0.852. The minimum atomic E-state index is -0.234. The topological polar surface area (TPSA) is 58.2 Å². The molecule has 0 saturated carbocycles. The first-order valence-electron chi connectivity index (χ1n) is 6.89. The normalized spacial score (nSPS) is 11.7. The van der Waals surface area contributed by atoms with Gasteiger partial charge in [0.2, 0.25) is 5.91 Å². The number of carbonyl (C=O) groups is 2. The fraction of sp³-hybridized carbons (Fsp3) is 0.250. The van der Waals surface area contributed by atoms with E-state index >= 15 is 0 Å². The van der Waals surface area contributed by atoms with Crippen LogP contribution in [0.25, 0.3) is 0 Å². The van der Waals surface area contributed by atoms with Gasteiger partial charge in [-0.05, 0) is 42.5 Å². The van der Waals surface area contributed by atoms with Gasteiger partial charge in [0.1, 0.15) is 0 Å². The average molecular weight is 337 g/mol. The van der Waals surface area contributed by atoms with Gasteiger partial charge in [0.15, 0.2) is 0 Å². The third kappa shape index (κ3) is 5.16. The monoisotopic (exact) mass is 336 g/mol. The van der Waals surface area contributed by atoms with Crippen LogP contribution < -0.4 is 10.6 Å². The first kappa shape index (κ1) is 16.5. The molecule has 2 rings (SSSR count). The molecule has 2 N–H and O–H groups in total. The smallest absolute Gasteiger partial charge is 0.252 e. The Bertz CT molecular complexity index is 626. The van der Waals surface area contributed by atoms with Gasteiger partial charge in [0.25, 0.3) is 5.91 Å². The highest BCUT2D eigenvalue weighted by Gasteiger charge is 2.11. The van der Waals surface area contributed by atoms with Crippen molar-refractivity contribution < 1.29 is 9.59 Å². The lowest BCUT2D eigenvalue weighted by molar-refractivity contribution is -0.120. The Labute approximate surface area is 138 Å². The van der Waals surface area contributed by atoms with Crippen molar-refractivity contribution in [3.63, 3.8) is 0 Å². The molecular formula is C16H17ClN2O2S. The van der Waals surface area contributed by atoms with E-state index in [0.717, 1.165) is 5.56 Å². The van der Waals surface area contributed by atoms with Crippen LogP contribution in [0.5, 0.6) is 0 Å². The molecule has 0 spiro atoms. The van der Waals surface area contributed by atoms with Gasteiger partial charge in [-0.15, -0.1) is 0 Å². The number of benzene rings is 1. The van der Waals surface area contributed by atoms with Crippen LogP contribution in [0.1, 0.15) is 22.8 Å². The summed E-state index contributed by atoms with van der Waals surface area (Å²) in [6, 6.07) is 9.22. The zero-order chi connectivity index (χ0) is 15.9. The maximum absolute atomic E-state index is 11.8. The zero-order valence-corrected chi connectivity index (χ0v) is 13.7. The summed E-state index contributed by atoms with van der Waals surface area (Å²) in [4.78, 5) is 23.5. The highest BCUT2D eigenvalue weighted by atomic mass is 35.5. The highest BCUT2D eigenvalue weighted by Crippen LogP contribution is 2.11. The summed E-state index contributed by atoms with van der Waals surface area (Å²) in [6.07, 6.45) is 0.710. The SMILES string of the molecule is C[C@H](Cc1ccc(Cl)cc1)NC(=O)CNC(=O)c1ccsc1. The lowest BCUT2D eigenvalue weighted by Crippen LogP contribution is -2.41. The van der Waals surface area contributed by atoms with Crippen molar-refractivity contribution in [3.8, 4) is 0 Å². The van der Waals surface area contributed by atoms with Gasteiger partial charge in [-0.1, -0.05) is 23.7 Å². The molecule has 0 aliphatic rings. The van der Waals surface area contributed by atoms with Crippen molar-refractivity contribution in [2.24, 2.45) is 0 Å². The summed E-state index contributed by atoms with van der Waals surface area (Å²) in [5.41, 5.74) is 1.67. The fourth-order valence-corrected chi connectivity index (χ4v) is 2.77. The summed E-state index contributed by atoms with van der Waals surface area (Å²) in [6.45, 7) is 1.90. The molecule has 116 valence electrons. The molecule has 22 heavy (non-hydrogen) atoms. The van der Waals surface area contributed by atoms with E-state index < -0.39 is 0 Å². The predicted molar refractivity (Wildman–Crippen MR) is 89.4 cm³/mol. The average Bonchev–Trinajstić information content (AvgIpc) is 3.01. The van der Waals surface area contributed by atoms with E-state index in [4.69, 9.17) is 11.6 Å². The van der Waals surface area contributed by atoms with E-state index in [1.54, 1.807) is 11.4 Å². The zero-order valence-electron chi connectivity index (χ0n) is 12.1. The van der Waals surface area contributed by atoms with E-state index in [1.165, 1.54) is 11.3 Å². The summed E-state index contributed by atoms with van der Waals surface area (Å²) >= 11 is 7.28. The van der Waals surface area contributed by atoms with E-state index in [-0.39, 0.29) is 24.4 Å². The molecule has 0 bridgehead atoms. The Kier molecular flexibility index (Phi) is 5.98. The largest absolute Gasteiger partial charge is 0.352 e. The summed E-state index contributed by atoms with van der Waals surface area (Å²) in [7, 11) is 0. The number of carbonyl (C=O) groups excluding carboxylic acids is 2.